The predicted octanol–water partition coefficient (Wildman–Crippen LogP) is -1.72. The van der Waals surface area contributed by atoms with E-state index in [1.54, 1.807) is 0 Å². The first-order chi connectivity index (χ1) is 2.50. The molecule has 0 aliphatic carbocycles. The van der Waals surface area contributed by atoms with Crippen molar-refractivity contribution in [1.82, 2.24) is 0 Å². The Balaban J connectivity index is 2.61. The van der Waals surface area contributed by atoms with Gasteiger partial charge in [0.15, 0.2) is 0 Å². The van der Waals surface area contributed by atoms with Crippen LogP contribution in [0.3, 0.4) is 0 Å². The predicted molar refractivity (Wildman–Crippen MR) is 30.8 cm³/mol. The van der Waals surface area contributed by atoms with Crippen molar-refractivity contribution in [2.45, 2.75) is 0 Å². The van der Waals surface area contributed by atoms with Crippen LogP contribution in [0.4, 0.5) is 0 Å². The molecule has 0 bridgehead atoms. The average molecular weight is 252 g/mol. The van der Waals surface area contributed by atoms with E-state index in [1.165, 1.54) is 0 Å². The van der Waals surface area contributed by atoms with Crippen molar-refractivity contribution >= 4 is 49.4 Å². The summed E-state index contributed by atoms with van der Waals surface area (Å²) in [5.41, 5.74) is 0. The Morgan fingerprint density at radius 1 is 1.60 bits per heavy atom. The third kappa shape index (κ3) is 1.53. The molecule has 1 aliphatic heterocycles. The van der Waals surface area contributed by atoms with Crippen LogP contribution < -0.4 is 0 Å². The molecule has 1 heterocycles. The van der Waals surface area contributed by atoms with Crippen LogP contribution in [0.25, 0.3) is 0 Å². The minimum absolute atomic E-state index is 0.594. The Hall–Kier alpha value is 1.42. The van der Waals surface area contributed by atoms with Crippen molar-refractivity contribution in [3.05, 3.63) is 0 Å². The van der Waals surface area contributed by atoms with E-state index >= 15 is 0 Å². The van der Waals surface area contributed by atoms with Crippen molar-refractivity contribution in [3.8, 4) is 0 Å². The topological polar surface area (TPSA) is 0 Å². The van der Waals surface area contributed by atoms with Crippen LogP contribution >= 0.6 is 0 Å². The van der Waals surface area contributed by atoms with Gasteiger partial charge < -0.3 is 0 Å². The van der Waals surface area contributed by atoms with E-state index in [9.17, 15) is 0 Å². The van der Waals surface area contributed by atoms with E-state index in [2.05, 4.69) is 7.19 Å². The fourth-order valence-corrected chi connectivity index (χ4v) is 23.4. The van der Waals surface area contributed by atoms with Crippen LogP contribution in [0.5, 0.6) is 0 Å². The van der Waals surface area contributed by atoms with E-state index in [1.807, 2.05) is 0 Å². The Kier molecular flexibility index (Phi) is 2.35. The van der Waals surface area contributed by atoms with Gasteiger partial charge in [-0.3, -0.25) is 0 Å². The first-order valence-corrected chi connectivity index (χ1v) is 11.6. The molecule has 26 valence electrons. The van der Waals surface area contributed by atoms with E-state index in [-0.39, 0.29) is 0 Å². The first kappa shape index (κ1) is 4.57. The summed E-state index contributed by atoms with van der Waals surface area (Å²) >= 11 is 2.14. The Morgan fingerprint density at radius 3 is 2.80 bits per heavy atom. The van der Waals surface area contributed by atoms with Gasteiger partial charge in [-0.05, 0) is 0 Å². The van der Waals surface area contributed by atoms with Crippen LogP contribution in [0, 0.1) is 0 Å². The zero-order valence-corrected chi connectivity index (χ0v) is 8.40. The third-order valence-electron chi connectivity index (χ3n) is 0.331. The Bertz CT molecular complexity index is 63.0. The second kappa shape index (κ2) is 2.57. The van der Waals surface area contributed by atoms with Crippen molar-refractivity contribution in [1.29, 1.82) is 0 Å². The third-order valence-corrected chi connectivity index (χ3v) is 22.0. The molecular weight excluding hydrogens is 249 g/mol. The maximum atomic E-state index is 2.57. The monoisotopic (exact) mass is 252 g/mol. The van der Waals surface area contributed by atoms with Gasteiger partial charge in [-0.25, -0.2) is 0 Å². The van der Waals surface area contributed by atoms with Gasteiger partial charge in [0.2, 0.25) is 0 Å². The SMILES string of the molecule is C1=[As]C=[As][AsH]1. The van der Waals surface area contributed by atoms with Crippen molar-refractivity contribution in [2.24, 2.45) is 0 Å². The molecule has 1 aliphatic rings. The van der Waals surface area contributed by atoms with E-state index in [0.29, 0.717) is 29.0 Å². The van der Waals surface area contributed by atoms with E-state index < -0.39 is 0 Å². The second-order valence-electron chi connectivity index (χ2n) is 0.652. The van der Waals surface area contributed by atoms with Gasteiger partial charge in [0.05, 0.1) is 0 Å². The molecular formula is C2H3As3. The Labute approximate surface area is 49.1 Å². The summed E-state index contributed by atoms with van der Waals surface area (Å²) in [5, 5.41) is 0. The standard InChI is InChI=1S/C2H3As3/c1-3-2-5-4-1/h1-2,4H. The molecule has 0 aromatic carbocycles. The van der Waals surface area contributed by atoms with Crippen molar-refractivity contribution in [3.63, 3.8) is 0 Å². The molecule has 0 amide bonds. The molecule has 0 saturated carbocycles. The quantitative estimate of drug-likeness (QED) is 0.450. The number of hydrogen-bond donors (Lipinski definition) is 0. The first-order valence-electron chi connectivity index (χ1n) is 1.29. The fraction of sp³-hybridized carbons (Fsp3) is 0. The summed E-state index contributed by atoms with van der Waals surface area (Å²) in [7, 11) is 0. The summed E-state index contributed by atoms with van der Waals surface area (Å²) < 4.78 is 5.11. The summed E-state index contributed by atoms with van der Waals surface area (Å²) in [6.45, 7) is 0. The number of hydrogen-bond acceptors (Lipinski definition) is 0. The molecule has 0 radical (unpaired) electrons. The van der Waals surface area contributed by atoms with Gasteiger partial charge in [-0.15, -0.1) is 0 Å². The van der Waals surface area contributed by atoms with Gasteiger partial charge in [0, 0.05) is 0 Å². The van der Waals surface area contributed by atoms with Crippen LogP contribution in [0.1, 0.15) is 0 Å². The van der Waals surface area contributed by atoms with E-state index in [0.717, 1.165) is 13.2 Å². The van der Waals surface area contributed by atoms with Gasteiger partial charge in [-0.1, -0.05) is 0 Å². The molecule has 3 heteroatoms. The normalized spacial score (nSPS) is 28.8. The minimum atomic E-state index is 0.594. The van der Waals surface area contributed by atoms with Crippen molar-refractivity contribution in [2.75, 3.05) is 0 Å². The van der Waals surface area contributed by atoms with Gasteiger partial charge >= 0.3 is 49.4 Å². The van der Waals surface area contributed by atoms with Gasteiger partial charge in [0.1, 0.15) is 0 Å². The number of rotatable bonds is 0. The van der Waals surface area contributed by atoms with Crippen LogP contribution in [-0.2, 0) is 0 Å². The summed E-state index contributed by atoms with van der Waals surface area (Å²) in [4.78, 5) is 0. The summed E-state index contributed by atoms with van der Waals surface area (Å²) in [5.74, 6) is 0. The second-order valence-corrected chi connectivity index (χ2v) is 14.3. The Morgan fingerprint density at radius 2 is 2.60 bits per heavy atom. The average Bonchev–Trinajstić information content (AvgIpc) is 1.76. The summed E-state index contributed by atoms with van der Waals surface area (Å²) in [6, 6.07) is 0. The molecule has 0 aromatic rings. The van der Waals surface area contributed by atoms with Gasteiger partial charge in [-0.2, -0.15) is 0 Å². The molecule has 0 saturated heterocycles. The molecule has 0 aromatic heterocycles. The molecule has 0 spiro atoms. The molecule has 0 N–H and O–H groups in total. The van der Waals surface area contributed by atoms with Crippen LogP contribution in [0.15, 0.2) is 0 Å². The molecule has 5 heavy (non-hydrogen) atoms. The molecule has 0 nitrogen and oxygen atoms in total. The van der Waals surface area contributed by atoms with Crippen molar-refractivity contribution < 1.29 is 0 Å². The molecule has 1 unspecified atom stereocenters. The van der Waals surface area contributed by atoms with E-state index in [4.69, 9.17) is 0 Å². The zero-order valence-electron chi connectivity index (χ0n) is 2.55. The van der Waals surface area contributed by atoms with Gasteiger partial charge in [0.25, 0.3) is 0 Å². The molecule has 0 fully saturated rings. The molecule has 1 rings (SSSR count). The zero-order chi connectivity index (χ0) is 3.54. The maximum absolute atomic E-state index is 2.57. The summed E-state index contributed by atoms with van der Waals surface area (Å²) in [6.07, 6.45) is 0. The van der Waals surface area contributed by atoms with Crippen LogP contribution in [-0.4, -0.2) is 49.4 Å². The molecule has 1 atom stereocenters. The fourth-order valence-electron chi connectivity index (χ4n) is 0.167. The van der Waals surface area contributed by atoms with Crippen LogP contribution in [0.2, 0.25) is 0 Å².